The first-order valence-corrected chi connectivity index (χ1v) is 10.8. The fourth-order valence-electron chi connectivity index (χ4n) is 4.44. The molecule has 4 heterocycles. The van der Waals surface area contributed by atoms with Crippen molar-refractivity contribution in [3.05, 3.63) is 62.2 Å². The van der Waals surface area contributed by atoms with Crippen molar-refractivity contribution >= 4 is 32.8 Å². The van der Waals surface area contributed by atoms with Crippen molar-refractivity contribution in [1.29, 1.82) is 0 Å². The number of aryl methyl sites for hydroxylation is 1. The van der Waals surface area contributed by atoms with Crippen LogP contribution >= 0.6 is 15.9 Å². The van der Waals surface area contributed by atoms with Crippen LogP contribution in [0.25, 0.3) is 22.3 Å². The van der Waals surface area contributed by atoms with Crippen LogP contribution in [-0.4, -0.2) is 20.6 Å². The third-order valence-electron chi connectivity index (χ3n) is 6.22. The summed E-state index contributed by atoms with van der Waals surface area (Å²) in [5.41, 5.74) is 2.28. The number of cyclic esters (lactones) is 1. The SMILES string of the molecule is CC[C@@]1(O)C(=O)OCc2c1cc1n(c2=O)Cc2c-1nc1cc(F)c(C)cc1c2CBr. The van der Waals surface area contributed by atoms with Gasteiger partial charge in [0, 0.05) is 27.9 Å². The molecule has 0 saturated heterocycles. The summed E-state index contributed by atoms with van der Waals surface area (Å²) in [5, 5.41) is 12.3. The standard InChI is InChI=1S/C22H18BrFN2O4/c1-3-22(29)15-5-18-19-13(8-26(18)20(27)14(15)9-30-21(22)28)12(7-23)11-4-10(2)16(24)6-17(11)25-19/h4-6,29H,3,7-9H2,1-2H3/t22-/m0/s1. The molecule has 1 atom stereocenters. The highest BCUT2D eigenvalue weighted by atomic mass is 79.9. The van der Waals surface area contributed by atoms with Crippen LogP contribution in [0.2, 0.25) is 0 Å². The minimum atomic E-state index is -1.87. The molecule has 30 heavy (non-hydrogen) atoms. The summed E-state index contributed by atoms with van der Waals surface area (Å²) in [6, 6.07) is 4.83. The number of alkyl halides is 1. The van der Waals surface area contributed by atoms with Gasteiger partial charge in [-0.1, -0.05) is 22.9 Å². The van der Waals surface area contributed by atoms with Crippen LogP contribution in [0.5, 0.6) is 0 Å². The fraction of sp³-hybridized carbons (Fsp3) is 0.318. The van der Waals surface area contributed by atoms with Gasteiger partial charge in [0.15, 0.2) is 5.60 Å². The molecular formula is C22H18BrFN2O4. The summed E-state index contributed by atoms with van der Waals surface area (Å²) in [6.07, 6.45) is 0.0802. The predicted molar refractivity (Wildman–Crippen MR) is 112 cm³/mol. The molecule has 0 amide bonds. The summed E-state index contributed by atoms with van der Waals surface area (Å²) in [6.45, 7) is 3.51. The first-order chi connectivity index (χ1) is 14.3. The van der Waals surface area contributed by atoms with E-state index in [2.05, 4.69) is 20.9 Å². The number of aromatic nitrogens is 2. The zero-order chi connectivity index (χ0) is 21.4. The lowest BCUT2D eigenvalue weighted by Crippen LogP contribution is -2.44. The van der Waals surface area contributed by atoms with E-state index in [9.17, 15) is 19.1 Å². The van der Waals surface area contributed by atoms with Crippen molar-refractivity contribution in [3.63, 3.8) is 0 Å². The van der Waals surface area contributed by atoms with Crippen LogP contribution in [0.3, 0.4) is 0 Å². The van der Waals surface area contributed by atoms with Crippen LogP contribution in [0.4, 0.5) is 4.39 Å². The molecule has 1 N–H and O–H groups in total. The first kappa shape index (κ1) is 19.4. The average Bonchev–Trinajstić information content (AvgIpc) is 3.09. The zero-order valence-electron chi connectivity index (χ0n) is 16.4. The number of hydrogen-bond donors (Lipinski definition) is 1. The van der Waals surface area contributed by atoms with Gasteiger partial charge in [0.1, 0.15) is 12.4 Å². The quantitative estimate of drug-likeness (QED) is 0.357. The molecule has 0 radical (unpaired) electrons. The Morgan fingerprint density at radius 1 is 1.30 bits per heavy atom. The zero-order valence-corrected chi connectivity index (χ0v) is 18.0. The monoisotopic (exact) mass is 472 g/mol. The number of carbonyl (C=O) groups is 1. The highest BCUT2D eigenvalue weighted by Crippen LogP contribution is 2.40. The number of nitrogens with zero attached hydrogens (tertiary/aromatic N) is 2. The highest BCUT2D eigenvalue weighted by molar-refractivity contribution is 9.08. The second-order valence-corrected chi connectivity index (χ2v) is 8.33. The van der Waals surface area contributed by atoms with Crippen molar-refractivity contribution in [3.8, 4) is 11.4 Å². The Morgan fingerprint density at radius 3 is 2.77 bits per heavy atom. The van der Waals surface area contributed by atoms with E-state index >= 15 is 0 Å². The van der Waals surface area contributed by atoms with Gasteiger partial charge in [-0.25, -0.2) is 14.2 Å². The van der Waals surface area contributed by atoms with Gasteiger partial charge in [-0.15, -0.1) is 0 Å². The number of carbonyl (C=O) groups excluding carboxylic acids is 1. The molecule has 1 aromatic carbocycles. The first-order valence-electron chi connectivity index (χ1n) is 9.64. The molecule has 2 aromatic heterocycles. The molecule has 0 spiro atoms. The van der Waals surface area contributed by atoms with E-state index in [1.54, 1.807) is 30.5 Å². The molecule has 3 aromatic rings. The van der Waals surface area contributed by atoms with Gasteiger partial charge in [0.05, 0.1) is 29.0 Å². The van der Waals surface area contributed by atoms with Gasteiger partial charge in [0.25, 0.3) is 5.56 Å². The second kappa shape index (κ2) is 6.46. The Bertz CT molecular complexity index is 1330. The van der Waals surface area contributed by atoms with E-state index in [4.69, 9.17) is 4.74 Å². The molecule has 2 aliphatic heterocycles. The minimum Gasteiger partial charge on any atom is -0.458 e. The third kappa shape index (κ3) is 2.40. The van der Waals surface area contributed by atoms with Gasteiger partial charge >= 0.3 is 5.97 Å². The molecule has 8 heteroatoms. The van der Waals surface area contributed by atoms with Gasteiger partial charge in [-0.05, 0) is 36.6 Å². The van der Waals surface area contributed by atoms with Crippen molar-refractivity contribution in [2.24, 2.45) is 0 Å². The number of hydrogen-bond acceptors (Lipinski definition) is 5. The van der Waals surface area contributed by atoms with E-state index < -0.39 is 11.6 Å². The maximum atomic E-state index is 14.2. The van der Waals surface area contributed by atoms with E-state index in [1.165, 1.54) is 6.07 Å². The summed E-state index contributed by atoms with van der Waals surface area (Å²) in [4.78, 5) is 30.2. The van der Waals surface area contributed by atoms with Crippen LogP contribution in [0, 0.1) is 12.7 Å². The molecular weight excluding hydrogens is 455 g/mol. The molecule has 2 aliphatic rings. The Labute approximate surface area is 179 Å². The predicted octanol–water partition coefficient (Wildman–Crippen LogP) is 3.42. The van der Waals surface area contributed by atoms with Gasteiger partial charge < -0.3 is 14.4 Å². The third-order valence-corrected chi connectivity index (χ3v) is 6.78. The summed E-state index contributed by atoms with van der Waals surface area (Å²) in [7, 11) is 0. The van der Waals surface area contributed by atoms with Gasteiger partial charge in [0.2, 0.25) is 0 Å². The van der Waals surface area contributed by atoms with Crippen molar-refractivity contribution < 1.29 is 19.0 Å². The summed E-state index contributed by atoms with van der Waals surface area (Å²) < 4.78 is 20.9. The van der Waals surface area contributed by atoms with Crippen LogP contribution in [0.1, 0.15) is 41.2 Å². The molecule has 154 valence electrons. The molecule has 0 unspecified atom stereocenters. The largest absolute Gasteiger partial charge is 0.458 e. The van der Waals surface area contributed by atoms with E-state index in [1.807, 2.05) is 0 Å². The number of esters is 1. The Balaban J connectivity index is 1.84. The molecule has 0 saturated carbocycles. The van der Waals surface area contributed by atoms with Crippen LogP contribution in [0.15, 0.2) is 23.0 Å². The molecule has 0 aliphatic carbocycles. The number of benzene rings is 1. The fourth-order valence-corrected chi connectivity index (χ4v) is 5.08. The maximum Gasteiger partial charge on any atom is 0.343 e. The number of pyridine rings is 2. The number of aliphatic hydroxyl groups is 1. The van der Waals surface area contributed by atoms with E-state index in [0.29, 0.717) is 34.3 Å². The van der Waals surface area contributed by atoms with Crippen molar-refractivity contribution in [2.75, 3.05) is 0 Å². The Morgan fingerprint density at radius 2 is 2.07 bits per heavy atom. The topological polar surface area (TPSA) is 81.4 Å². The number of fused-ring (bicyclic) bond motifs is 5. The highest BCUT2D eigenvalue weighted by Gasteiger charge is 2.45. The number of rotatable bonds is 2. The van der Waals surface area contributed by atoms with Gasteiger partial charge in [-0.3, -0.25) is 4.79 Å². The van der Waals surface area contributed by atoms with Crippen molar-refractivity contribution in [2.45, 2.75) is 44.4 Å². The number of halogens is 2. The van der Waals surface area contributed by atoms with E-state index in [-0.39, 0.29) is 35.5 Å². The molecule has 0 bridgehead atoms. The van der Waals surface area contributed by atoms with Gasteiger partial charge in [-0.2, -0.15) is 0 Å². The summed E-state index contributed by atoms with van der Waals surface area (Å²) in [5.74, 6) is -1.11. The lowest BCUT2D eigenvalue weighted by atomic mass is 9.86. The molecule has 0 fully saturated rings. The smallest absolute Gasteiger partial charge is 0.343 e. The van der Waals surface area contributed by atoms with Crippen LogP contribution in [-0.2, 0) is 33.6 Å². The number of ether oxygens (including phenoxy) is 1. The maximum absolute atomic E-state index is 14.2. The Kier molecular flexibility index (Phi) is 4.17. The van der Waals surface area contributed by atoms with Crippen LogP contribution < -0.4 is 5.56 Å². The Hall–Kier alpha value is -2.58. The second-order valence-electron chi connectivity index (χ2n) is 7.77. The van der Waals surface area contributed by atoms with Crippen molar-refractivity contribution in [1.82, 2.24) is 9.55 Å². The molecule has 6 nitrogen and oxygen atoms in total. The molecule has 5 rings (SSSR count). The normalized spacial score (nSPS) is 19.4. The lowest BCUT2D eigenvalue weighted by Gasteiger charge is -2.31. The average molecular weight is 473 g/mol. The lowest BCUT2D eigenvalue weighted by molar-refractivity contribution is -0.172. The minimum absolute atomic E-state index is 0.0802. The van der Waals surface area contributed by atoms with E-state index in [0.717, 1.165) is 16.5 Å². The summed E-state index contributed by atoms with van der Waals surface area (Å²) >= 11 is 3.53.